The zero-order valence-electron chi connectivity index (χ0n) is 14.2. The first-order chi connectivity index (χ1) is 9.86. The molecule has 1 saturated heterocycles. The van der Waals surface area contributed by atoms with E-state index >= 15 is 0 Å². The van der Waals surface area contributed by atoms with Crippen LogP contribution in [0.4, 0.5) is 4.79 Å². The minimum atomic E-state index is -0.161. The van der Waals surface area contributed by atoms with Gasteiger partial charge in [-0.15, -0.1) is 0 Å². The first kappa shape index (κ1) is 18.2. The molecule has 1 heterocycles. The maximum atomic E-state index is 12.1. The molecule has 1 fully saturated rings. The second kappa shape index (κ2) is 8.56. The highest BCUT2D eigenvalue weighted by atomic mass is 16.3. The zero-order valence-corrected chi connectivity index (χ0v) is 14.2. The highest BCUT2D eigenvalue weighted by molar-refractivity contribution is 5.74. The van der Waals surface area contributed by atoms with Gasteiger partial charge in [0, 0.05) is 45.8 Å². The third-order valence-electron chi connectivity index (χ3n) is 4.48. The van der Waals surface area contributed by atoms with Crippen molar-refractivity contribution < 1.29 is 9.90 Å². The van der Waals surface area contributed by atoms with E-state index in [-0.39, 0.29) is 18.7 Å². The average molecular weight is 300 g/mol. The van der Waals surface area contributed by atoms with Crippen molar-refractivity contribution >= 4 is 6.03 Å². The Morgan fingerprint density at radius 2 is 1.81 bits per heavy atom. The van der Waals surface area contributed by atoms with Gasteiger partial charge in [0.25, 0.3) is 0 Å². The van der Waals surface area contributed by atoms with Gasteiger partial charge in [-0.25, -0.2) is 4.79 Å². The molecule has 0 bridgehead atoms. The second-order valence-electron chi connectivity index (χ2n) is 6.48. The number of aliphatic hydroxyl groups excluding tert-OH is 1. The lowest BCUT2D eigenvalue weighted by atomic mass is 10.0. The lowest BCUT2D eigenvalue weighted by Crippen LogP contribution is -2.55. The van der Waals surface area contributed by atoms with Crippen LogP contribution in [0.25, 0.3) is 0 Å². The molecule has 0 radical (unpaired) electrons. The van der Waals surface area contributed by atoms with Gasteiger partial charge in [0.2, 0.25) is 0 Å². The molecule has 6 heteroatoms. The molecule has 2 atom stereocenters. The number of likely N-dealkylation sites (N-methyl/N-ethyl adjacent to an activating group) is 2. The Morgan fingerprint density at radius 1 is 1.24 bits per heavy atom. The molecule has 0 aliphatic carbocycles. The number of hydrogen-bond donors (Lipinski definition) is 2. The maximum absolute atomic E-state index is 12.1. The zero-order chi connectivity index (χ0) is 16.0. The minimum Gasteiger partial charge on any atom is -0.394 e. The van der Waals surface area contributed by atoms with Crippen LogP contribution in [0.1, 0.15) is 20.8 Å². The van der Waals surface area contributed by atoms with Crippen LogP contribution in [-0.2, 0) is 0 Å². The van der Waals surface area contributed by atoms with E-state index in [1.807, 2.05) is 6.92 Å². The smallest absolute Gasteiger partial charge is 0.317 e. The quantitative estimate of drug-likeness (QED) is 0.740. The Hall–Kier alpha value is -0.850. The van der Waals surface area contributed by atoms with E-state index in [2.05, 4.69) is 36.0 Å². The molecule has 2 N–H and O–H groups in total. The van der Waals surface area contributed by atoms with Gasteiger partial charge in [0.15, 0.2) is 0 Å². The summed E-state index contributed by atoms with van der Waals surface area (Å²) in [7, 11) is 3.87. The minimum absolute atomic E-state index is 0.0179. The van der Waals surface area contributed by atoms with Crippen molar-refractivity contribution in [2.24, 2.45) is 5.92 Å². The number of aliphatic hydroxyl groups is 1. The fourth-order valence-electron chi connectivity index (χ4n) is 2.58. The van der Waals surface area contributed by atoms with Crippen LogP contribution in [0.15, 0.2) is 0 Å². The lowest BCUT2D eigenvalue weighted by molar-refractivity contribution is 0.0867. The van der Waals surface area contributed by atoms with Crippen molar-refractivity contribution in [3.63, 3.8) is 0 Å². The molecule has 0 aromatic carbocycles. The number of nitrogens with zero attached hydrogens (tertiary/aromatic N) is 3. The molecular weight excluding hydrogens is 268 g/mol. The number of rotatable bonds is 6. The Bertz CT molecular complexity index is 317. The number of carbonyl (C=O) groups excluding carboxylic acids is 1. The standard InChI is InChI=1S/C15H32N4O2/c1-12(2)14(19-8-6-17(4)7-9-19)10-16-15(21)18(5)13(3)11-20/h12-14,20H,6-11H2,1-5H3,(H,16,21). The first-order valence-corrected chi connectivity index (χ1v) is 7.91. The summed E-state index contributed by atoms with van der Waals surface area (Å²) in [5.41, 5.74) is 0. The molecule has 0 spiro atoms. The molecule has 0 saturated carbocycles. The van der Waals surface area contributed by atoms with E-state index in [0.29, 0.717) is 18.5 Å². The van der Waals surface area contributed by atoms with Crippen LogP contribution in [0.3, 0.4) is 0 Å². The molecule has 2 amide bonds. The third kappa shape index (κ3) is 5.45. The molecule has 6 nitrogen and oxygen atoms in total. The van der Waals surface area contributed by atoms with Crippen molar-refractivity contribution in [2.75, 3.05) is 53.4 Å². The predicted octanol–water partition coefficient (Wildman–Crippen LogP) is 0.281. The van der Waals surface area contributed by atoms with Crippen molar-refractivity contribution in [1.82, 2.24) is 20.0 Å². The summed E-state index contributed by atoms with van der Waals surface area (Å²) in [5, 5.41) is 12.1. The fraction of sp³-hybridized carbons (Fsp3) is 0.933. The highest BCUT2D eigenvalue weighted by Crippen LogP contribution is 2.13. The molecule has 1 aliphatic heterocycles. The van der Waals surface area contributed by atoms with Gasteiger partial charge in [0.05, 0.1) is 12.6 Å². The molecule has 2 unspecified atom stereocenters. The average Bonchev–Trinajstić information content (AvgIpc) is 2.47. The monoisotopic (exact) mass is 300 g/mol. The number of nitrogens with one attached hydrogen (secondary N) is 1. The third-order valence-corrected chi connectivity index (χ3v) is 4.48. The number of amides is 2. The van der Waals surface area contributed by atoms with Crippen molar-refractivity contribution in [1.29, 1.82) is 0 Å². The molecule has 0 aromatic rings. The molecule has 1 rings (SSSR count). The van der Waals surface area contributed by atoms with Gasteiger partial charge >= 0.3 is 6.03 Å². The van der Waals surface area contributed by atoms with Crippen molar-refractivity contribution in [3.8, 4) is 0 Å². The summed E-state index contributed by atoms with van der Waals surface area (Å²) in [4.78, 5) is 18.4. The number of piperazine rings is 1. The maximum Gasteiger partial charge on any atom is 0.317 e. The normalized spacial score (nSPS) is 20.3. The Labute approximate surface area is 129 Å². The molecular formula is C15H32N4O2. The highest BCUT2D eigenvalue weighted by Gasteiger charge is 2.26. The Morgan fingerprint density at radius 3 is 2.29 bits per heavy atom. The second-order valence-corrected chi connectivity index (χ2v) is 6.48. The summed E-state index contributed by atoms with van der Waals surface area (Å²) < 4.78 is 0. The van der Waals surface area contributed by atoms with Crippen molar-refractivity contribution in [3.05, 3.63) is 0 Å². The van der Waals surface area contributed by atoms with E-state index in [4.69, 9.17) is 5.11 Å². The molecule has 21 heavy (non-hydrogen) atoms. The van der Waals surface area contributed by atoms with Crippen LogP contribution in [0.2, 0.25) is 0 Å². The number of hydrogen-bond acceptors (Lipinski definition) is 4. The first-order valence-electron chi connectivity index (χ1n) is 7.91. The summed E-state index contributed by atoms with van der Waals surface area (Å²) in [6.07, 6.45) is 0. The summed E-state index contributed by atoms with van der Waals surface area (Å²) in [6.45, 7) is 11.1. The molecule has 0 aromatic heterocycles. The molecule has 124 valence electrons. The van der Waals surface area contributed by atoms with Crippen LogP contribution in [0, 0.1) is 5.92 Å². The van der Waals surface area contributed by atoms with Gasteiger partial charge < -0.3 is 20.2 Å². The summed E-state index contributed by atoms with van der Waals surface area (Å²) in [5.74, 6) is 0.495. The van der Waals surface area contributed by atoms with Gasteiger partial charge in [-0.1, -0.05) is 13.8 Å². The summed E-state index contributed by atoms with van der Waals surface area (Å²) in [6, 6.07) is 0.0861. The van der Waals surface area contributed by atoms with E-state index in [1.54, 1.807) is 11.9 Å². The van der Waals surface area contributed by atoms with E-state index in [1.165, 1.54) is 0 Å². The SMILES string of the molecule is CC(C)C(CNC(=O)N(C)C(C)CO)N1CCN(C)CC1. The largest absolute Gasteiger partial charge is 0.394 e. The Kier molecular flexibility index (Phi) is 7.42. The van der Waals surface area contributed by atoms with Crippen LogP contribution in [-0.4, -0.2) is 91.3 Å². The van der Waals surface area contributed by atoms with Gasteiger partial charge in [-0.3, -0.25) is 4.90 Å². The van der Waals surface area contributed by atoms with Gasteiger partial charge in [-0.2, -0.15) is 0 Å². The number of urea groups is 1. The topological polar surface area (TPSA) is 59.1 Å². The van der Waals surface area contributed by atoms with Gasteiger partial charge in [-0.05, 0) is 19.9 Å². The van der Waals surface area contributed by atoms with E-state index in [0.717, 1.165) is 26.2 Å². The molecule has 1 aliphatic rings. The number of carbonyl (C=O) groups is 1. The Balaban J connectivity index is 2.50. The summed E-state index contributed by atoms with van der Waals surface area (Å²) >= 11 is 0. The van der Waals surface area contributed by atoms with E-state index < -0.39 is 0 Å². The van der Waals surface area contributed by atoms with Crippen LogP contribution >= 0.6 is 0 Å². The fourth-order valence-corrected chi connectivity index (χ4v) is 2.58. The van der Waals surface area contributed by atoms with Gasteiger partial charge in [0.1, 0.15) is 0 Å². The lowest BCUT2D eigenvalue weighted by Gasteiger charge is -2.40. The van der Waals surface area contributed by atoms with Crippen LogP contribution < -0.4 is 5.32 Å². The van der Waals surface area contributed by atoms with Crippen LogP contribution in [0.5, 0.6) is 0 Å². The van der Waals surface area contributed by atoms with Crippen molar-refractivity contribution in [2.45, 2.75) is 32.9 Å². The predicted molar refractivity (Wildman–Crippen MR) is 85.4 cm³/mol. The van der Waals surface area contributed by atoms with E-state index in [9.17, 15) is 4.79 Å².